The SMILES string of the molecule is CC(c1cccnc1)n1c(C(=O)O)cc2cc(F)ccc21. The van der Waals surface area contributed by atoms with E-state index < -0.39 is 5.97 Å². The molecule has 1 atom stereocenters. The highest BCUT2D eigenvalue weighted by molar-refractivity contribution is 5.94. The Balaban J connectivity index is 2.25. The second-order valence-electron chi connectivity index (χ2n) is 4.87. The summed E-state index contributed by atoms with van der Waals surface area (Å²) in [6.45, 7) is 1.90. The van der Waals surface area contributed by atoms with E-state index in [-0.39, 0.29) is 17.6 Å². The van der Waals surface area contributed by atoms with Crippen LogP contribution in [-0.2, 0) is 0 Å². The number of carboxylic acid groups (broad SMARTS) is 1. The quantitative estimate of drug-likeness (QED) is 0.801. The third kappa shape index (κ3) is 2.27. The van der Waals surface area contributed by atoms with Crippen LogP contribution in [0.15, 0.2) is 48.8 Å². The van der Waals surface area contributed by atoms with Crippen LogP contribution in [0.25, 0.3) is 10.9 Å². The highest BCUT2D eigenvalue weighted by Gasteiger charge is 2.20. The van der Waals surface area contributed by atoms with Gasteiger partial charge >= 0.3 is 5.97 Å². The molecule has 21 heavy (non-hydrogen) atoms. The van der Waals surface area contributed by atoms with Gasteiger partial charge in [0.25, 0.3) is 0 Å². The summed E-state index contributed by atoms with van der Waals surface area (Å²) in [5, 5.41) is 9.97. The molecule has 3 rings (SSSR count). The fourth-order valence-electron chi connectivity index (χ4n) is 2.56. The molecule has 5 heteroatoms. The summed E-state index contributed by atoms with van der Waals surface area (Å²) in [5.41, 5.74) is 1.71. The number of aromatic nitrogens is 2. The predicted molar refractivity (Wildman–Crippen MR) is 76.9 cm³/mol. The first kappa shape index (κ1) is 13.3. The van der Waals surface area contributed by atoms with Gasteiger partial charge in [-0.05, 0) is 42.8 Å². The van der Waals surface area contributed by atoms with Crippen LogP contribution in [0.1, 0.15) is 29.0 Å². The van der Waals surface area contributed by atoms with E-state index in [4.69, 9.17) is 0 Å². The van der Waals surface area contributed by atoms with Gasteiger partial charge in [0, 0.05) is 23.3 Å². The summed E-state index contributed by atoms with van der Waals surface area (Å²) < 4.78 is 15.0. The van der Waals surface area contributed by atoms with E-state index >= 15 is 0 Å². The molecule has 0 saturated heterocycles. The van der Waals surface area contributed by atoms with Gasteiger partial charge in [-0.2, -0.15) is 0 Å². The number of fused-ring (bicyclic) bond motifs is 1. The molecule has 0 aliphatic rings. The maximum absolute atomic E-state index is 13.3. The summed E-state index contributed by atoms with van der Waals surface area (Å²) in [7, 11) is 0. The van der Waals surface area contributed by atoms with Crippen LogP contribution in [0, 0.1) is 5.82 Å². The van der Waals surface area contributed by atoms with Crippen LogP contribution in [0.3, 0.4) is 0 Å². The molecule has 0 spiro atoms. The highest BCUT2D eigenvalue weighted by Crippen LogP contribution is 2.28. The average molecular weight is 284 g/mol. The van der Waals surface area contributed by atoms with Gasteiger partial charge in [-0.3, -0.25) is 4.98 Å². The van der Waals surface area contributed by atoms with E-state index in [1.165, 1.54) is 18.2 Å². The van der Waals surface area contributed by atoms with Gasteiger partial charge in [0.2, 0.25) is 0 Å². The summed E-state index contributed by atoms with van der Waals surface area (Å²) in [6.07, 6.45) is 3.36. The maximum atomic E-state index is 13.3. The van der Waals surface area contributed by atoms with Crippen LogP contribution < -0.4 is 0 Å². The molecule has 4 nitrogen and oxygen atoms in total. The van der Waals surface area contributed by atoms with Crippen molar-refractivity contribution in [1.29, 1.82) is 0 Å². The van der Waals surface area contributed by atoms with Crippen molar-refractivity contribution in [3.8, 4) is 0 Å². The lowest BCUT2D eigenvalue weighted by molar-refractivity contribution is 0.0684. The van der Waals surface area contributed by atoms with Crippen molar-refractivity contribution < 1.29 is 14.3 Å². The molecule has 0 amide bonds. The van der Waals surface area contributed by atoms with Gasteiger partial charge in [0.1, 0.15) is 11.5 Å². The number of halogens is 1. The number of carbonyl (C=O) groups is 1. The monoisotopic (exact) mass is 284 g/mol. The fraction of sp³-hybridized carbons (Fsp3) is 0.125. The standard InChI is InChI=1S/C16H13FN2O2/c1-10(11-3-2-6-18-9-11)19-14-5-4-13(17)7-12(14)8-15(19)16(20)21/h2-10H,1H3,(H,20,21). The molecule has 1 aromatic carbocycles. The Morgan fingerprint density at radius 1 is 1.33 bits per heavy atom. The van der Waals surface area contributed by atoms with Gasteiger partial charge < -0.3 is 9.67 Å². The lowest BCUT2D eigenvalue weighted by Crippen LogP contribution is -2.13. The minimum Gasteiger partial charge on any atom is -0.477 e. The molecule has 0 radical (unpaired) electrons. The van der Waals surface area contributed by atoms with Crippen LogP contribution in [0.2, 0.25) is 0 Å². The maximum Gasteiger partial charge on any atom is 0.352 e. The largest absolute Gasteiger partial charge is 0.477 e. The minimum absolute atomic E-state index is 0.131. The lowest BCUT2D eigenvalue weighted by atomic mass is 10.1. The molecule has 2 heterocycles. The minimum atomic E-state index is -1.04. The Kier molecular flexibility index (Phi) is 3.17. The van der Waals surface area contributed by atoms with Crippen molar-refractivity contribution in [2.24, 2.45) is 0 Å². The Bertz CT molecular complexity index is 812. The highest BCUT2D eigenvalue weighted by atomic mass is 19.1. The topological polar surface area (TPSA) is 55.1 Å². The molecule has 1 N–H and O–H groups in total. The van der Waals surface area contributed by atoms with Crippen molar-refractivity contribution in [1.82, 2.24) is 9.55 Å². The summed E-state index contributed by atoms with van der Waals surface area (Å²) in [4.78, 5) is 15.5. The fourth-order valence-corrected chi connectivity index (χ4v) is 2.56. The van der Waals surface area contributed by atoms with Gasteiger partial charge in [0.15, 0.2) is 0 Å². The van der Waals surface area contributed by atoms with Gasteiger partial charge in [0.05, 0.1) is 6.04 Å². The zero-order chi connectivity index (χ0) is 15.0. The third-order valence-corrected chi connectivity index (χ3v) is 3.57. The number of pyridine rings is 1. The van der Waals surface area contributed by atoms with Gasteiger partial charge in [-0.1, -0.05) is 6.07 Å². The van der Waals surface area contributed by atoms with E-state index in [0.29, 0.717) is 10.9 Å². The normalized spacial score (nSPS) is 12.5. The predicted octanol–water partition coefficient (Wildman–Crippen LogP) is 3.48. The molecule has 0 aliphatic heterocycles. The van der Waals surface area contributed by atoms with Crippen molar-refractivity contribution in [2.75, 3.05) is 0 Å². The second kappa shape index (κ2) is 5.01. The lowest BCUT2D eigenvalue weighted by Gasteiger charge is -2.17. The Morgan fingerprint density at radius 2 is 2.14 bits per heavy atom. The smallest absolute Gasteiger partial charge is 0.352 e. The number of hydrogen-bond acceptors (Lipinski definition) is 2. The second-order valence-corrected chi connectivity index (χ2v) is 4.87. The number of benzene rings is 1. The summed E-state index contributed by atoms with van der Waals surface area (Å²) in [6, 6.07) is 9.25. The Labute approximate surface area is 120 Å². The molecule has 3 aromatic rings. The van der Waals surface area contributed by atoms with Gasteiger partial charge in [-0.25, -0.2) is 9.18 Å². The summed E-state index contributed by atoms with van der Waals surface area (Å²) >= 11 is 0. The number of aromatic carboxylic acids is 1. The van der Waals surface area contributed by atoms with E-state index in [9.17, 15) is 14.3 Å². The molecule has 0 saturated carbocycles. The molecule has 2 aromatic heterocycles. The molecule has 1 unspecified atom stereocenters. The average Bonchev–Trinajstić information content (AvgIpc) is 2.86. The van der Waals surface area contributed by atoms with E-state index in [0.717, 1.165) is 5.56 Å². The first-order valence-electron chi connectivity index (χ1n) is 6.51. The van der Waals surface area contributed by atoms with Crippen molar-refractivity contribution >= 4 is 16.9 Å². The Hall–Kier alpha value is -2.69. The molecule has 0 aliphatic carbocycles. The Morgan fingerprint density at radius 3 is 2.81 bits per heavy atom. The molecular weight excluding hydrogens is 271 g/mol. The van der Waals surface area contributed by atoms with E-state index in [1.807, 2.05) is 13.0 Å². The van der Waals surface area contributed by atoms with Crippen molar-refractivity contribution in [3.63, 3.8) is 0 Å². The third-order valence-electron chi connectivity index (χ3n) is 3.57. The van der Waals surface area contributed by atoms with Crippen molar-refractivity contribution in [3.05, 3.63) is 65.9 Å². The first-order chi connectivity index (χ1) is 10.1. The number of carboxylic acids is 1. The van der Waals surface area contributed by atoms with E-state index in [2.05, 4.69) is 4.98 Å². The number of nitrogens with zero attached hydrogens (tertiary/aromatic N) is 2. The molecule has 106 valence electrons. The van der Waals surface area contributed by atoms with Crippen LogP contribution in [0.5, 0.6) is 0 Å². The molecular formula is C16H13FN2O2. The van der Waals surface area contributed by atoms with Crippen LogP contribution in [0.4, 0.5) is 4.39 Å². The van der Waals surface area contributed by atoms with Gasteiger partial charge in [-0.15, -0.1) is 0 Å². The first-order valence-corrected chi connectivity index (χ1v) is 6.51. The summed E-state index contributed by atoms with van der Waals surface area (Å²) in [5.74, 6) is -1.42. The van der Waals surface area contributed by atoms with Crippen LogP contribution >= 0.6 is 0 Å². The van der Waals surface area contributed by atoms with E-state index in [1.54, 1.807) is 29.1 Å². The van der Waals surface area contributed by atoms with Crippen molar-refractivity contribution in [2.45, 2.75) is 13.0 Å². The molecule has 0 fully saturated rings. The zero-order valence-corrected chi connectivity index (χ0v) is 11.3. The van der Waals surface area contributed by atoms with Crippen LogP contribution in [-0.4, -0.2) is 20.6 Å². The zero-order valence-electron chi connectivity index (χ0n) is 11.3. The number of rotatable bonds is 3. The molecule has 0 bridgehead atoms. The number of hydrogen-bond donors (Lipinski definition) is 1.